The highest BCUT2D eigenvalue weighted by molar-refractivity contribution is 5.18. The monoisotopic (exact) mass is 317 g/mol. The largest absolute Gasteiger partial charge is 0.328 e. The van der Waals surface area contributed by atoms with Gasteiger partial charge in [-0.3, -0.25) is 0 Å². The number of nitrogens with zero attached hydrogens (tertiary/aromatic N) is 3. The van der Waals surface area contributed by atoms with Crippen molar-refractivity contribution < 1.29 is 0 Å². The Morgan fingerprint density at radius 2 is 1.70 bits per heavy atom. The molecule has 5 nitrogen and oxygen atoms in total. The van der Waals surface area contributed by atoms with E-state index < -0.39 is 0 Å². The average molecular weight is 317 g/mol. The minimum absolute atomic E-state index is 0.0651. The minimum atomic E-state index is 0.0651. The van der Waals surface area contributed by atoms with E-state index >= 15 is 0 Å². The Kier molecular flexibility index (Phi) is 4.16. The third-order valence-corrected chi connectivity index (χ3v) is 7.17. The van der Waals surface area contributed by atoms with Crippen LogP contribution < -0.4 is 5.73 Å². The van der Waals surface area contributed by atoms with Gasteiger partial charge in [0.2, 0.25) is 0 Å². The molecule has 0 saturated heterocycles. The van der Waals surface area contributed by atoms with Crippen molar-refractivity contribution in [1.29, 1.82) is 0 Å². The predicted molar refractivity (Wildman–Crippen MR) is 89.6 cm³/mol. The molecular weight excluding hydrogens is 286 g/mol. The van der Waals surface area contributed by atoms with Crippen LogP contribution in [0, 0.1) is 23.7 Å². The zero-order valence-corrected chi connectivity index (χ0v) is 14.4. The molecule has 1 heterocycles. The molecule has 0 spiro atoms. The lowest BCUT2D eigenvalue weighted by Gasteiger charge is -2.58. The molecule has 3 N–H and O–H groups in total. The predicted octanol–water partition coefficient (Wildman–Crippen LogP) is 3.19. The maximum atomic E-state index is 6.37. The van der Waals surface area contributed by atoms with Gasteiger partial charge in [0, 0.05) is 11.5 Å². The standard InChI is InChI=1S/C18H31N5/c1-12(19)11-18(17-20-22-23-21-17)15-8-4-2-6-13(15)10-14-7-3-5-9-16(14)18/h12-16H,2-11,19H2,1H3,(H,20,21,22,23)/t12-,13?,14?,15?,16?,18?/m0/s1. The Hall–Kier alpha value is -0.970. The van der Waals surface area contributed by atoms with Crippen molar-refractivity contribution >= 4 is 0 Å². The van der Waals surface area contributed by atoms with Crippen LogP contribution >= 0.6 is 0 Å². The van der Waals surface area contributed by atoms with Gasteiger partial charge in [-0.25, -0.2) is 0 Å². The van der Waals surface area contributed by atoms with Gasteiger partial charge in [-0.15, -0.1) is 10.2 Å². The van der Waals surface area contributed by atoms with Gasteiger partial charge in [-0.05, 0) is 56.3 Å². The SMILES string of the molecule is C[C@H](N)CC1(c2nn[nH]n2)C2CCCCC2CC2CCCCC21. The van der Waals surface area contributed by atoms with Gasteiger partial charge in [-0.1, -0.05) is 43.7 Å². The van der Waals surface area contributed by atoms with Crippen LogP contribution in [0.2, 0.25) is 0 Å². The van der Waals surface area contributed by atoms with Crippen molar-refractivity contribution in [3.05, 3.63) is 5.82 Å². The third kappa shape index (κ3) is 2.51. The summed E-state index contributed by atoms with van der Waals surface area (Å²) in [6.07, 6.45) is 13.4. The first-order valence-corrected chi connectivity index (χ1v) is 9.71. The Labute approximate surface area is 139 Å². The molecule has 5 atom stereocenters. The number of nitrogens with two attached hydrogens (primary N) is 1. The Morgan fingerprint density at radius 3 is 2.22 bits per heavy atom. The second kappa shape index (κ2) is 6.15. The van der Waals surface area contributed by atoms with E-state index in [-0.39, 0.29) is 11.5 Å². The molecule has 3 aliphatic carbocycles. The number of aromatic nitrogens is 4. The topological polar surface area (TPSA) is 80.5 Å². The summed E-state index contributed by atoms with van der Waals surface area (Å²) < 4.78 is 0. The normalized spacial score (nSPS) is 41.8. The molecule has 0 aliphatic heterocycles. The van der Waals surface area contributed by atoms with Crippen molar-refractivity contribution in [3.63, 3.8) is 0 Å². The van der Waals surface area contributed by atoms with E-state index in [1.807, 2.05) is 0 Å². The van der Waals surface area contributed by atoms with Crippen LogP contribution in [-0.2, 0) is 5.41 Å². The van der Waals surface area contributed by atoms with Gasteiger partial charge in [0.1, 0.15) is 0 Å². The highest BCUT2D eigenvalue weighted by Gasteiger charge is 2.58. The number of rotatable bonds is 3. The minimum Gasteiger partial charge on any atom is -0.328 e. The van der Waals surface area contributed by atoms with Crippen molar-refractivity contribution in [2.24, 2.45) is 29.4 Å². The number of H-pyrrole nitrogens is 1. The van der Waals surface area contributed by atoms with E-state index in [2.05, 4.69) is 27.5 Å². The lowest BCUT2D eigenvalue weighted by molar-refractivity contribution is -0.0503. The maximum absolute atomic E-state index is 6.37. The summed E-state index contributed by atoms with van der Waals surface area (Å²) in [6.45, 7) is 2.16. The van der Waals surface area contributed by atoms with E-state index in [0.717, 1.165) is 24.1 Å². The average Bonchev–Trinajstić information content (AvgIpc) is 3.09. The summed E-state index contributed by atoms with van der Waals surface area (Å²) in [4.78, 5) is 0. The summed E-state index contributed by atoms with van der Waals surface area (Å²) in [7, 11) is 0. The van der Waals surface area contributed by atoms with E-state index in [1.54, 1.807) is 0 Å². The highest BCUT2D eigenvalue weighted by Crippen LogP contribution is 2.61. The molecule has 3 fully saturated rings. The van der Waals surface area contributed by atoms with E-state index in [0.29, 0.717) is 11.8 Å². The van der Waals surface area contributed by atoms with Crippen molar-refractivity contribution in [2.75, 3.05) is 0 Å². The van der Waals surface area contributed by atoms with Gasteiger partial charge in [-0.2, -0.15) is 5.21 Å². The fourth-order valence-electron chi connectivity index (χ4n) is 6.62. The number of nitrogens with one attached hydrogen (secondary N) is 1. The fourth-order valence-corrected chi connectivity index (χ4v) is 6.62. The zero-order chi connectivity index (χ0) is 15.9. The fraction of sp³-hybridized carbons (Fsp3) is 0.944. The first-order valence-electron chi connectivity index (χ1n) is 9.71. The van der Waals surface area contributed by atoms with Crippen LogP contribution in [0.15, 0.2) is 0 Å². The number of aromatic amines is 1. The first kappa shape index (κ1) is 15.6. The maximum Gasteiger partial charge on any atom is 0.181 e. The van der Waals surface area contributed by atoms with Crippen LogP contribution in [0.4, 0.5) is 0 Å². The van der Waals surface area contributed by atoms with Gasteiger partial charge in [0.25, 0.3) is 0 Å². The van der Waals surface area contributed by atoms with Crippen LogP contribution in [-0.4, -0.2) is 26.7 Å². The number of hydrogen-bond donors (Lipinski definition) is 2. The molecule has 128 valence electrons. The zero-order valence-electron chi connectivity index (χ0n) is 14.4. The molecule has 1 aromatic rings. The number of tetrazole rings is 1. The van der Waals surface area contributed by atoms with Crippen LogP contribution in [0.25, 0.3) is 0 Å². The summed E-state index contributed by atoms with van der Waals surface area (Å²) in [6, 6.07) is 0.191. The summed E-state index contributed by atoms with van der Waals surface area (Å²) in [5.41, 5.74) is 6.44. The van der Waals surface area contributed by atoms with E-state index in [4.69, 9.17) is 5.73 Å². The van der Waals surface area contributed by atoms with Gasteiger partial charge in [0.15, 0.2) is 5.82 Å². The molecule has 5 heteroatoms. The van der Waals surface area contributed by atoms with Crippen LogP contribution in [0.5, 0.6) is 0 Å². The molecule has 23 heavy (non-hydrogen) atoms. The Morgan fingerprint density at radius 1 is 1.09 bits per heavy atom. The van der Waals surface area contributed by atoms with Crippen LogP contribution in [0.3, 0.4) is 0 Å². The molecule has 0 aromatic carbocycles. The quantitative estimate of drug-likeness (QED) is 0.897. The second-order valence-electron chi connectivity index (χ2n) is 8.49. The molecule has 4 rings (SSSR count). The molecule has 0 amide bonds. The smallest absolute Gasteiger partial charge is 0.181 e. The summed E-state index contributed by atoms with van der Waals surface area (Å²) in [5.74, 6) is 4.09. The van der Waals surface area contributed by atoms with Crippen molar-refractivity contribution in [3.8, 4) is 0 Å². The molecule has 1 aromatic heterocycles. The molecule has 3 aliphatic rings. The molecular formula is C18H31N5. The molecule has 4 unspecified atom stereocenters. The lowest BCUT2D eigenvalue weighted by atomic mass is 9.46. The van der Waals surface area contributed by atoms with Gasteiger partial charge in [0.05, 0.1) is 0 Å². The van der Waals surface area contributed by atoms with Crippen molar-refractivity contribution in [2.45, 2.75) is 82.6 Å². The first-order chi connectivity index (χ1) is 11.2. The van der Waals surface area contributed by atoms with E-state index in [9.17, 15) is 0 Å². The summed E-state index contributed by atoms with van der Waals surface area (Å²) >= 11 is 0. The van der Waals surface area contributed by atoms with E-state index in [1.165, 1.54) is 57.8 Å². The Balaban J connectivity index is 1.82. The van der Waals surface area contributed by atoms with Gasteiger partial charge >= 0.3 is 0 Å². The summed E-state index contributed by atoms with van der Waals surface area (Å²) in [5, 5.41) is 15.8. The number of fused-ring (bicyclic) bond motifs is 2. The third-order valence-electron chi connectivity index (χ3n) is 7.17. The van der Waals surface area contributed by atoms with Gasteiger partial charge < -0.3 is 5.73 Å². The van der Waals surface area contributed by atoms with Crippen LogP contribution in [0.1, 0.15) is 77.0 Å². The molecule has 0 radical (unpaired) electrons. The second-order valence-corrected chi connectivity index (χ2v) is 8.49. The highest BCUT2D eigenvalue weighted by atomic mass is 15.5. The Bertz CT molecular complexity index is 489. The molecule has 3 saturated carbocycles. The van der Waals surface area contributed by atoms with Crippen molar-refractivity contribution in [1.82, 2.24) is 20.6 Å². The molecule has 0 bridgehead atoms. The number of hydrogen-bond acceptors (Lipinski definition) is 4. The lowest BCUT2D eigenvalue weighted by Crippen LogP contribution is -2.56.